The van der Waals surface area contributed by atoms with Crippen LogP contribution >= 0.6 is 0 Å². The van der Waals surface area contributed by atoms with Crippen LogP contribution in [0.1, 0.15) is 41.0 Å². The Hall–Kier alpha value is -1.82. The summed E-state index contributed by atoms with van der Waals surface area (Å²) in [4.78, 5) is 11.3. The molecule has 0 heterocycles. The molecule has 0 N–H and O–H groups in total. The number of esters is 1. The Balaban J connectivity index is 2.30. The highest BCUT2D eigenvalue weighted by Crippen LogP contribution is 2.37. The highest BCUT2D eigenvalue weighted by atomic mass is 16.5. The summed E-state index contributed by atoms with van der Waals surface area (Å²) >= 11 is 0. The van der Waals surface area contributed by atoms with Gasteiger partial charge in [0.2, 0.25) is 0 Å². The topological polar surface area (TPSA) is 50.1 Å². The number of hydrogen-bond acceptors (Lipinski definition) is 3. The molecule has 3 heteroatoms. The van der Waals surface area contributed by atoms with Gasteiger partial charge in [0.05, 0.1) is 25.2 Å². The van der Waals surface area contributed by atoms with E-state index in [1.54, 1.807) is 0 Å². The SMILES string of the molecule is COC(=O)CC1CCc2cc(C#N)c(C)cc21. The minimum atomic E-state index is -0.162. The average Bonchev–Trinajstić information content (AvgIpc) is 2.70. The van der Waals surface area contributed by atoms with E-state index >= 15 is 0 Å². The summed E-state index contributed by atoms with van der Waals surface area (Å²) in [6, 6.07) is 6.21. The molecule has 1 unspecified atom stereocenters. The second-order valence-corrected chi connectivity index (χ2v) is 4.49. The molecule has 1 aromatic carbocycles. The maximum absolute atomic E-state index is 11.3. The predicted octanol–water partition coefficient (Wildman–Crippen LogP) is 2.46. The van der Waals surface area contributed by atoms with Crippen LogP contribution in [0.4, 0.5) is 0 Å². The average molecular weight is 229 g/mol. The minimum Gasteiger partial charge on any atom is -0.469 e. The molecule has 88 valence electrons. The highest BCUT2D eigenvalue weighted by Gasteiger charge is 2.25. The van der Waals surface area contributed by atoms with E-state index in [0.717, 1.165) is 24.0 Å². The van der Waals surface area contributed by atoms with Crippen molar-refractivity contribution in [3.8, 4) is 6.07 Å². The Kier molecular flexibility index (Phi) is 3.14. The summed E-state index contributed by atoms with van der Waals surface area (Å²) in [5.41, 5.74) is 4.15. The van der Waals surface area contributed by atoms with Gasteiger partial charge in [-0.1, -0.05) is 6.07 Å². The van der Waals surface area contributed by atoms with Gasteiger partial charge in [-0.25, -0.2) is 0 Å². The van der Waals surface area contributed by atoms with E-state index in [9.17, 15) is 4.79 Å². The Morgan fingerprint density at radius 2 is 2.35 bits per heavy atom. The second kappa shape index (κ2) is 4.58. The number of nitriles is 1. The maximum atomic E-state index is 11.3. The summed E-state index contributed by atoms with van der Waals surface area (Å²) in [5, 5.41) is 8.97. The van der Waals surface area contributed by atoms with Crippen molar-refractivity contribution in [3.63, 3.8) is 0 Å². The standard InChI is InChI=1S/C14H15NO2/c1-9-5-13-10(6-12(9)8-15)3-4-11(13)7-14(16)17-2/h5-6,11H,3-4,7H2,1-2H3. The zero-order valence-corrected chi connectivity index (χ0v) is 10.1. The van der Waals surface area contributed by atoms with Crippen LogP contribution in [0.2, 0.25) is 0 Å². The molecule has 0 spiro atoms. The fourth-order valence-corrected chi connectivity index (χ4v) is 2.47. The normalized spacial score (nSPS) is 17.4. The van der Waals surface area contributed by atoms with Crippen LogP contribution < -0.4 is 0 Å². The number of ether oxygens (including phenoxy) is 1. The third kappa shape index (κ3) is 2.16. The summed E-state index contributed by atoms with van der Waals surface area (Å²) in [6.45, 7) is 1.94. The monoisotopic (exact) mass is 229 g/mol. The summed E-state index contributed by atoms with van der Waals surface area (Å²) in [7, 11) is 1.42. The smallest absolute Gasteiger partial charge is 0.306 e. The molecule has 0 aliphatic heterocycles. The molecular formula is C14H15NO2. The number of carbonyl (C=O) groups is 1. The molecule has 1 aromatic rings. The van der Waals surface area contributed by atoms with Crippen LogP contribution in [0.25, 0.3) is 0 Å². The van der Waals surface area contributed by atoms with Gasteiger partial charge in [0, 0.05) is 0 Å². The van der Waals surface area contributed by atoms with Gasteiger partial charge in [-0.15, -0.1) is 0 Å². The largest absolute Gasteiger partial charge is 0.469 e. The van der Waals surface area contributed by atoms with E-state index in [4.69, 9.17) is 10.00 Å². The van der Waals surface area contributed by atoms with Crippen molar-refractivity contribution in [1.82, 2.24) is 0 Å². The predicted molar refractivity (Wildman–Crippen MR) is 63.6 cm³/mol. The van der Waals surface area contributed by atoms with Crippen molar-refractivity contribution < 1.29 is 9.53 Å². The van der Waals surface area contributed by atoms with Crippen molar-refractivity contribution in [2.24, 2.45) is 0 Å². The molecule has 1 aliphatic carbocycles. The molecule has 0 saturated carbocycles. The number of fused-ring (bicyclic) bond motifs is 1. The van der Waals surface area contributed by atoms with Gasteiger partial charge in [0.25, 0.3) is 0 Å². The van der Waals surface area contributed by atoms with E-state index in [0.29, 0.717) is 6.42 Å². The molecule has 1 atom stereocenters. The fourth-order valence-electron chi connectivity index (χ4n) is 2.47. The number of nitrogens with zero attached hydrogens (tertiary/aromatic N) is 1. The molecule has 0 radical (unpaired) electrons. The lowest BCUT2D eigenvalue weighted by Crippen LogP contribution is -2.06. The van der Waals surface area contributed by atoms with E-state index < -0.39 is 0 Å². The molecule has 3 nitrogen and oxygen atoms in total. The first-order chi connectivity index (χ1) is 8.15. The number of benzene rings is 1. The van der Waals surface area contributed by atoms with E-state index in [-0.39, 0.29) is 11.9 Å². The quantitative estimate of drug-likeness (QED) is 0.732. The zero-order valence-electron chi connectivity index (χ0n) is 10.1. The Morgan fingerprint density at radius 3 is 3.00 bits per heavy atom. The van der Waals surface area contributed by atoms with Crippen molar-refractivity contribution in [3.05, 3.63) is 34.4 Å². The van der Waals surface area contributed by atoms with Crippen LogP contribution in [0.3, 0.4) is 0 Å². The van der Waals surface area contributed by atoms with E-state index in [2.05, 4.69) is 12.1 Å². The van der Waals surface area contributed by atoms with Gasteiger partial charge < -0.3 is 4.74 Å². The fraction of sp³-hybridized carbons (Fsp3) is 0.429. The molecule has 17 heavy (non-hydrogen) atoms. The third-order valence-corrected chi connectivity index (χ3v) is 3.45. The van der Waals surface area contributed by atoms with Gasteiger partial charge >= 0.3 is 5.97 Å². The van der Waals surface area contributed by atoms with E-state index in [1.165, 1.54) is 18.2 Å². The van der Waals surface area contributed by atoms with Gasteiger partial charge in [0.1, 0.15) is 0 Å². The first-order valence-electron chi connectivity index (χ1n) is 5.76. The lowest BCUT2D eigenvalue weighted by Gasteiger charge is -2.11. The molecule has 0 bridgehead atoms. The van der Waals surface area contributed by atoms with Crippen LogP contribution in [0, 0.1) is 18.3 Å². The van der Waals surface area contributed by atoms with Crippen molar-refractivity contribution in [1.29, 1.82) is 5.26 Å². The van der Waals surface area contributed by atoms with Crippen LogP contribution in [-0.4, -0.2) is 13.1 Å². The highest BCUT2D eigenvalue weighted by molar-refractivity contribution is 5.71. The Morgan fingerprint density at radius 1 is 1.59 bits per heavy atom. The van der Waals surface area contributed by atoms with Crippen LogP contribution in [-0.2, 0) is 16.0 Å². The van der Waals surface area contributed by atoms with Gasteiger partial charge in [-0.2, -0.15) is 5.26 Å². The van der Waals surface area contributed by atoms with E-state index in [1.807, 2.05) is 13.0 Å². The molecule has 2 rings (SSSR count). The second-order valence-electron chi connectivity index (χ2n) is 4.49. The van der Waals surface area contributed by atoms with Gasteiger partial charge in [-0.05, 0) is 48.4 Å². The van der Waals surface area contributed by atoms with Crippen LogP contribution in [0.15, 0.2) is 12.1 Å². The van der Waals surface area contributed by atoms with Crippen molar-refractivity contribution >= 4 is 5.97 Å². The molecule has 0 fully saturated rings. The van der Waals surface area contributed by atoms with Gasteiger partial charge in [-0.3, -0.25) is 4.79 Å². The third-order valence-electron chi connectivity index (χ3n) is 3.45. The Bertz CT molecular complexity index is 500. The number of methoxy groups -OCH3 is 1. The molecule has 0 saturated heterocycles. The number of carbonyl (C=O) groups excluding carboxylic acids is 1. The lowest BCUT2D eigenvalue weighted by molar-refractivity contribution is -0.141. The van der Waals surface area contributed by atoms with Crippen molar-refractivity contribution in [2.45, 2.75) is 32.1 Å². The number of rotatable bonds is 2. The zero-order chi connectivity index (χ0) is 12.4. The minimum absolute atomic E-state index is 0.162. The van der Waals surface area contributed by atoms with Crippen LogP contribution in [0.5, 0.6) is 0 Å². The molecular weight excluding hydrogens is 214 g/mol. The molecule has 1 aliphatic rings. The first-order valence-corrected chi connectivity index (χ1v) is 5.76. The number of aryl methyl sites for hydroxylation is 2. The Labute approximate surface area is 101 Å². The summed E-state index contributed by atoms with van der Waals surface area (Å²) in [5.74, 6) is 0.0914. The lowest BCUT2D eigenvalue weighted by atomic mass is 9.94. The number of hydrogen-bond donors (Lipinski definition) is 0. The first kappa shape index (κ1) is 11.7. The molecule has 0 aromatic heterocycles. The molecule has 0 amide bonds. The maximum Gasteiger partial charge on any atom is 0.306 e. The van der Waals surface area contributed by atoms with Crippen molar-refractivity contribution in [2.75, 3.05) is 7.11 Å². The van der Waals surface area contributed by atoms with Gasteiger partial charge in [0.15, 0.2) is 0 Å². The summed E-state index contributed by atoms with van der Waals surface area (Å²) < 4.78 is 4.71. The summed E-state index contributed by atoms with van der Waals surface area (Å²) in [6.07, 6.45) is 2.36.